The number of hydrogen-bond donors (Lipinski definition) is 1. The molecule has 2 aromatic rings. The van der Waals surface area contributed by atoms with E-state index in [1.165, 1.54) is 38.5 Å². The van der Waals surface area contributed by atoms with Crippen LogP contribution >= 0.6 is 0 Å². The highest BCUT2D eigenvalue weighted by molar-refractivity contribution is 5.81. The van der Waals surface area contributed by atoms with Gasteiger partial charge in [-0.15, -0.1) is 0 Å². The van der Waals surface area contributed by atoms with E-state index in [-0.39, 0.29) is 11.8 Å². The zero-order valence-corrected chi connectivity index (χ0v) is 13.9. The molecule has 2 aliphatic rings. The molecule has 0 aliphatic heterocycles. The predicted molar refractivity (Wildman–Crippen MR) is 92.0 cm³/mol. The van der Waals surface area contributed by atoms with E-state index in [4.69, 9.17) is 4.42 Å². The molecule has 0 spiro atoms. The maximum Gasteiger partial charge on any atom is 0.223 e. The second kappa shape index (κ2) is 6.80. The zero-order valence-electron chi connectivity index (χ0n) is 13.9. The molecule has 2 atom stereocenters. The number of benzene rings is 1. The van der Waals surface area contributed by atoms with E-state index in [0.29, 0.717) is 12.5 Å². The van der Waals surface area contributed by atoms with Crippen LogP contribution in [0, 0.1) is 17.8 Å². The number of rotatable bonds is 5. The van der Waals surface area contributed by atoms with Crippen molar-refractivity contribution in [2.24, 2.45) is 17.8 Å². The summed E-state index contributed by atoms with van der Waals surface area (Å²) in [6.45, 7) is 0.438. The standard InChI is InChI=1S/C20H24N2O2/c23-20(17-11-16(17)14-7-3-1-4-8-14)21-12-18-19(24-13-22-18)15-9-5-2-6-10-15/h2,5-6,9-10,13-14,16-17H,1,3-4,7-8,11-12H2,(H,21,23). The highest BCUT2D eigenvalue weighted by atomic mass is 16.3. The van der Waals surface area contributed by atoms with Gasteiger partial charge in [0.2, 0.25) is 5.91 Å². The first kappa shape index (κ1) is 15.4. The largest absolute Gasteiger partial charge is 0.443 e. The van der Waals surface area contributed by atoms with Crippen LogP contribution in [0.25, 0.3) is 11.3 Å². The van der Waals surface area contributed by atoms with Gasteiger partial charge in [0.1, 0.15) is 5.69 Å². The molecule has 0 radical (unpaired) electrons. The fraction of sp³-hybridized carbons (Fsp3) is 0.500. The highest BCUT2D eigenvalue weighted by Crippen LogP contribution is 2.49. The number of carbonyl (C=O) groups is 1. The van der Waals surface area contributed by atoms with Crippen molar-refractivity contribution in [3.63, 3.8) is 0 Å². The number of hydrogen-bond acceptors (Lipinski definition) is 3. The second-order valence-corrected chi connectivity index (χ2v) is 7.12. The smallest absolute Gasteiger partial charge is 0.223 e. The quantitative estimate of drug-likeness (QED) is 0.898. The average Bonchev–Trinajstić information content (AvgIpc) is 3.31. The summed E-state index contributed by atoms with van der Waals surface area (Å²) in [4.78, 5) is 16.7. The van der Waals surface area contributed by atoms with Crippen LogP contribution in [0.3, 0.4) is 0 Å². The molecule has 2 saturated carbocycles. The van der Waals surface area contributed by atoms with Crippen LogP contribution in [0.2, 0.25) is 0 Å². The number of aromatic nitrogens is 1. The topological polar surface area (TPSA) is 55.1 Å². The lowest BCUT2D eigenvalue weighted by molar-refractivity contribution is -0.123. The lowest BCUT2D eigenvalue weighted by Crippen LogP contribution is -2.26. The van der Waals surface area contributed by atoms with Gasteiger partial charge in [-0.1, -0.05) is 62.4 Å². The minimum atomic E-state index is 0.188. The van der Waals surface area contributed by atoms with Gasteiger partial charge in [-0.05, 0) is 18.3 Å². The Balaban J connectivity index is 1.33. The van der Waals surface area contributed by atoms with Crippen LogP contribution in [-0.2, 0) is 11.3 Å². The normalized spacial score (nSPS) is 23.8. The third-order valence-corrected chi connectivity index (χ3v) is 5.54. The van der Waals surface area contributed by atoms with Crippen LogP contribution in [0.15, 0.2) is 41.1 Å². The van der Waals surface area contributed by atoms with Crippen LogP contribution in [0.1, 0.15) is 44.2 Å². The Morgan fingerprint density at radius 2 is 1.96 bits per heavy atom. The van der Waals surface area contributed by atoms with Crippen LogP contribution in [0.5, 0.6) is 0 Å². The van der Waals surface area contributed by atoms with Crippen molar-refractivity contribution in [2.45, 2.75) is 45.1 Å². The van der Waals surface area contributed by atoms with E-state index in [1.54, 1.807) is 0 Å². The van der Waals surface area contributed by atoms with Gasteiger partial charge in [-0.3, -0.25) is 4.79 Å². The Labute approximate surface area is 142 Å². The Bertz CT molecular complexity index is 689. The molecule has 1 heterocycles. The molecule has 2 aliphatic carbocycles. The summed E-state index contributed by atoms with van der Waals surface area (Å²) >= 11 is 0. The van der Waals surface area contributed by atoms with Crippen molar-refractivity contribution in [1.82, 2.24) is 10.3 Å². The Hall–Kier alpha value is -2.10. The number of oxazole rings is 1. The average molecular weight is 324 g/mol. The molecule has 4 heteroatoms. The fourth-order valence-electron chi connectivity index (χ4n) is 4.12. The molecule has 1 N–H and O–H groups in total. The van der Waals surface area contributed by atoms with Gasteiger partial charge < -0.3 is 9.73 Å². The molecule has 2 fully saturated rings. The Morgan fingerprint density at radius 1 is 1.17 bits per heavy atom. The second-order valence-electron chi connectivity index (χ2n) is 7.12. The van der Waals surface area contributed by atoms with Crippen molar-refractivity contribution in [1.29, 1.82) is 0 Å². The SMILES string of the molecule is O=C(NCc1ncoc1-c1ccccc1)C1CC1C1CCCCC1. The summed E-state index contributed by atoms with van der Waals surface area (Å²) in [6, 6.07) is 9.90. The molecule has 1 amide bonds. The third-order valence-electron chi connectivity index (χ3n) is 5.54. The molecule has 0 bridgehead atoms. The van der Waals surface area contributed by atoms with Gasteiger partial charge in [-0.25, -0.2) is 4.98 Å². The lowest BCUT2D eigenvalue weighted by Gasteiger charge is -2.21. The minimum absolute atomic E-state index is 0.188. The molecule has 4 nitrogen and oxygen atoms in total. The van der Waals surface area contributed by atoms with Crippen molar-refractivity contribution in [3.05, 3.63) is 42.4 Å². The number of amides is 1. The van der Waals surface area contributed by atoms with Crippen LogP contribution in [0.4, 0.5) is 0 Å². The highest BCUT2D eigenvalue weighted by Gasteiger charge is 2.47. The summed E-state index contributed by atoms with van der Waals surface area (Å²) < 4.78 is 5.51. The summed E-state index contributed by atoms with van der Waals surface area (Å²) in [7, 11) is 0. The number of carbonyl (C=O) groups excluding carboxylic acids is 1. The van der Waals surface area contributed by atoms with E-state index in [1.807, 2.05) is 30.3 Å². The predicted octanol–water partition coefficient (Wildman–Crippen LogP) is 4.17. The van der Waals surface area contributed by atoms with Gasteiger partial charge in [0.05, 0.1) is 6.54 Å². The Morgan fingerprint density at radius 3 is 2.75 bits per heavy atom. The minimum Gasteiger partial charge on any atom is -0.443 e. The molecular weight excluding hydrogens is 300 g/mol. The van der Waals surface area contributed by atoms with E-state index < -0.39 is 0 Å². The zero-order chi connectivity index (χ0) is 16.4. The molecule has 24 heavy (non-hydrogen) atoms. The molecular formula is C20H24N2O2. The van der Waals surface area contributed by atoms with Gasteiger partial charge in [-0.2, -0.15) is 0 Å². The first-order valence-electron chi connectivity index (χ1n) is 9.08. The van der Waals surface area contributed by atoms with Crippen molar-refractivity contribution >= 4 is 5.91 Å². The third kappa shape index (κ3) is 3.23. The first-order chi connectivity index (χ1) is 11.8. The lowest BCUT2D eigenvalue weighted by atomic mass is 9.85. The van der Waals surface area contributed by atoms with Gasteiger partial charge in [0.25, 0.3) is 0 Å². The van der Waals surface area contributed by atoms with Crippen LogP contribution in [-0.4, -0.2) is 10.9 Å². The molecule has 126 valence electrons. The summed E-state index contributed by atoms with van der Waals surface area (Å²) in [5.74, 6) is 2.56. The fourth-order valence-corrected chi connectivity index (χ4v) is 4.12. The van der Waals surface area contributed by atoms with Gasteiger partial charge in [0.15, 0.2) is 12.2 Å². The van der Waals surface area contributed by atoms with Crippen molar-refractivity contribution < 1.29 is 9.21 Å². The van der Waals surface area contributed by atoms with Crippen molar-refractivity contribution in [2.75, 3.05) is 0 Å². The maximum absolute atomic E-state index is 12.4. The Kier molecular flexibility index (Phi) is 4.37. The monoisotopic (exact) mass is 324 g/mol. The van der Waals surface area contributed by atoms with Crippen LogP contribution < -0.4 is 5.32 Å². The van der Waals surface area contributed by atoms with E-state index >= 15 is 0 Å². The summed E-state index contributed by atoms with van der Waals surface area (Å²) in [5.41, 5.74) is 1.79. The molecule has 1 aromatic carbocycles. The van der Waals surface area contributed by atoms with E-state index in [0.717, 1.165) is 29.4 Å². The summed E-state index contributed by atoms with van der Waals surface area (Å²) in [6.07, 6.45) is 9.21. The molecule has 1 aromatic heterocycles. The maximum atomic E-state index is 12.4. The van der Waals surface area contributed by atoms with Crippen molar-refractivity contribution in [3.8, 4) is 11.3 Å². The molecule has 0 saturated heterocycles. The van der Waals surface area contributed by atoms with Gasteiger partial charge >= 0.3 is 0 Å². The van der Waals surface area contributed by atoms with E-state index in [9.17, 15) is 4.79 Å². The number of nitrogens with one attached hydrogen (secondary N) is 1. The number of nitrogens with zero attached hydrogens (tertiary/aromatic N) is 1. The molecule has 2 unspecified atom stereocenters. The first-order valence-corrected chi connectivity index (χ1v) is 9.08. The van der Waals surface area contributed by atoms with E-state index in [2.05, 4.69) is 10.3 Å². The molecule has 4 rings (SSSR count). The summed E-state index contributed by atoms with van der Waals surface area (Å²) in [5, 5.41) is 3.06. The van der Waals surface area contributed by atoms with Gasteiger partial charge in [0, 0.05) is 11.5 Å².